The van der Waals surface area contributed by atoms with Gasteiger partial charge in [0.2, 0.25) is 0 Å². The Morgan fingerprint density at radius 3 is 1.57 bits per heavy atom. The van der Waals surface area contributed by atoms with Gasteiger partial charge in [-0.05, 0) is 56.1 Å². The van der Waals surface area contributed by atoms with Crippen LogP contribution in [0.25, 0.3) is 60.8 Å². The van der Waals surface area contributed by atoms with Gasteiger partial charge in [0.05, 0.1) is 11.0 Å². The van der Waals surface area contributed by atoms with Gasteiger partial charge in [-0.15, -0.1) is 0 Å². The summed E-state index contributed by atoms with van der Waals surface area (Å²) in [6.07, 6.45) is 1.66. The van der Waals surface area contributed by atoms with Crippen molar-refractivity contribution >= 4 is 72.7 Å². The first-order valence-corrected chi connectivity index (χ1v) is 19.2. The number of fused-ring (bicyclic) bond motifs is 6. The Hall–Kier alpha value is -6.56. The van der Waals surface area contributed by atoms with Gasteiger partial charge in [0, 0.05) is 16.2 Å². The summed E-state index contributed by atoms with van der Waals surface area (Å²) in [5, 5.41) is 8.71. The zero-order valence-electron chi connectivity index (χ0n) is 27.6. The number of nitrogens with zero attached hydrogens (tertiary/aromatic N) is 3. The highest BCUT2D eigenvalue weighted by atomic mass is 28.3. The van der Waals surface area contributed by atoms with Gasteiger partial charge >= 0.3 is 0 Å². The molecule has 10 rings (SSSR count). The van der Waals surface area contributed by atoms with E-state index < -0.39 is 8.07 Å². The highest BCUT2D eigenvalue weighted by Gasteiger charge is 2.41. The second kappa shape index (κ2) is 11.8. The summed E-state index contributed by atoms with van der Waals surface area (Å²) in [5.41, 5.74) is 6.69. The van der Waals surface area contributed by atoms with Crippen molar-refractivity contribution in [2.24, 2.45) is 0 Å². The molecule has 5 heteroatoms. The van der Waals surface area contributed by atoms with Crippen LogP contribution in [0.1, 0.15) is 0 Å². The molecule has 0 fully saturated rings. The highest BCUT2D eigenvalue weighted by molar-refractivity contribution is 7.19. The van der Waals surface area contributed by atoms with Gasteiger partial charge in [-0.3, -0.25) is 4.57 Å². The zero-order chi connectivity index (χ0) is 33.8. The fourth-order valence-corrected chi connectivity index (χ4v) is 12.8. The van der Waals surface area contributed by atoms with Gasteiger partial charge in [-0.25, -0.2) is 9.97 Å². The molecule has 10 aromatic rings. The summed E-state index contributed by atoms with van der Waals surface area (Å²) in [7, 11) is -2.67. The molecule has 7 aromatic carbocycles. The Morgan fingerprint density at radius 2 is 0.961 bits per heavy atom. The predicted octanol–water partition coefficient (Wildman–Crippen LogP) is 8.52. The van der Waals surface area contributed by atoms with Crippen LogP contribution in [0.5, 0.6) is 0 Å². The Labute approximate surface area is 295 Å². The molecule has 0 radical (unpaired) electrons. The zero-order valence-corrected chi connectivity index (χ0v) is 28.6. The number of hydrogen-bond acceptors (Lipinski definition) is 3. The molecule has 51 heavy (non-hydrogen) atoms. The fourth-order valence-electron chi connectivity index (χ4n) is 8.05. The number of rotatable bonds is 6. The molecule has 0 aliphatic rings. The van der Waals surface area contributed by atoms with Crippen molar-refractivity contribution in [1.82, 2.24) is 14.5 Å². The van der Waals surface area contributed by atoms with Crippen LogP contribution in [0.2, 0.25) is 0 Å². The van der Waals surface area contributed by atoms with Crippen LogP contribution >= 0.6 is 0 Å². The topological polar surface area (TPSA) is 43.9 Å². The number of hydrogen-bond donors (Lipinski definition) is 0. The standard InChI is InChI=1S/C46H31N3OSi/c1-4-16-34(17-5-1)51(35-18-6-2-7-19-35,36-20-8-3-9-21-36)37-22-14-15-32(29-37)33-27-28-43-40(30-33)44-45(50-43)46(48-31-47-44)49-41-25-12-10-23-38(41)39-24-11-13-26-42(39)49/h1-31H. The third-order valence-corrected chi connectivity index (χ3v) is 15.0. The van der Waals surface area contributed by atoms with E-state index in [1.54, 1.807) is 6.33 Å². The van der Waals surface area contributed by atoms with E-state index in [-0.39, 0.29) is 0 Å². The smallest absolute Gasteiger partial charge is 0.197 e. The summed E-state index contributed by atoms with van der Waals surface area (Å²) in [5.74, 6) is 0.738. The molecule has 0 N–H and O–H groups in total. The summed E-state index contributed by atoms with van der Waals surface area (Å²) >= 11 is 0. The maximum Gasteiger partial charge on any atom is 0.197 e. The minimum Gasteiger partial charge on any atom is -0.450 e. The molecule has 3 aromatic heterocycles. The minimum atomic E-state index is -2.67. The number of benzene rings is 7. The quantitative estimate of drug-likeness (QED) is 0.132. The number of para-hydroxylation sites is 2. The fraction of sp³-hybridized carbons (Fsp3) is 0. The van der Waals surface area contributed by atoms with E-state index in [1.165, 1.54) is 31.5 Å². The van der Waals surface area contributed by atoms with Gasteiger partial charge < -0.3 is 4.42 Å². The molecule has 0 aliphatic heterocycles. The molecule has 0 aliphatic carbocycles. The van der Waals surface area contributed by atoms with Gasteiger partial charge in [-0.1, -0.05) is 158 Å². The van der Waals surface area contributed by atoms with E-state index >= 15 is 0 Å². The van der Waals surface area contributed by atoms with Crippen LogP contribution in [0, 0.1) is 0 Å². The van der Waals surface area contributed by atoms with Crippen LogP contribution in [0.4, 0.5) is 0 Å². The SMILES string of the molecule is c1ccc([Si](c2ccccc2)(c2ccccc2)c2cccc(-c3ccc4oc5c(-n6c7ccccc7c7ccccc76)ncnc5c4c3)c2)cc1. The van der Waals surface area contributed by atoms with Crippen LogP contribution in [0.3, 0.4) is 0 Å². The number of aromatic nitrogens is 3. The lowest BCUT2D eigenvalue weighted by Gasteiger charge is -2.34. The molecule has 3 heterocycles. The second-order valence-electron chi connectivity index (χ2n) is 13.0. The molecule has 0 atom stereocenters. The second-order valence-corrected chi connectivity index (χ2v) is 16.8. The molecule has 0 saturated heterocycles. The third-order valence-electron chi connectivity index (χ3n) is 10.3. The summed E-state index contributed by atoms with van der Waals surface area (Å²) < 4.78 is 8.81. The first-order valence-electron chi connectivity index (χ1n) is 17.2. The maximum absolute atomic E-state index is 6.61. The molecule has 0 spiro atoms. The largest absolute Gasteiger partial charge is 0.450 e. The van der Waals surface area contributed by atoms with E-state index in [0.717, 1.165) is 44.5 Å². The minimum absolute atomic E-state index is 0.675. The van der Waals surface area contributed by atoms with Gasteiger partial charge in [0.25, 0.3) is 0 Å². The monoisotopic (exact) mass is 669 g/mol. The third kappa shape index (κ3) is 4.52. The Kier molecular flexibility index (Phi) is 6.79. The van der Waals surface area contributed by atoms with E-state index in [2.05, 4.69) is 187 Å². The molecule has 240 valence electrons. The lowest BCUT2D eigenvalue weighted by atomic mass is 10.0. The van der Waals surface area contributed by atoms with E-state index in [1.807, 2.05) is 0 Å². The van der Waals surface area contributed by atoms with Crippen LogP contribution in [-0.4, -0.2) is 22.6 Å². The maximum atomic E-state index is 6.61. The molecule has 0 saturated carbocycles. The molecule has 0 bridgehead atoms. The Morgan fingerprint density at radius 1 is 0.431 bits per heavy atom. The summed E-state index contributed by atoms with van der Waals surface area (Å²) in [6.45, 7) is 0. The van der Waals surface area contributed by atoms with Crippen molar-refractivity contribution in [1.29, 1.82) is 0 Å². The van der Waals surface area contributed by atoms with E-state index in [9.17, 15) is 0 Å². The molecular formula is C46H31N3OSi. The molecule has 4 nitrogen and oxygen atoms in total. The molecule has 0 amide bonds. The first kappa shape index (κ1) is 29.4. The summed E-state index contributed by atoms with van der Waals surface area (Å²) in [4.78, 5) is 9.61. The number of furan rings is 1. The normalized spacial score (nSPS) is 11.9. The van der Waals surface area contributed by atoms with Crippen molar-refractivity contribution in [3.05, 3.63) is 188 Å². The molecule has 0 unspecified atom stereocenters. The lowest BCUT2D eigenvalue weighted by molar-refractivity contribution is 0.662. The van der Waals surface area contributed by atoms with Crippen molar-refractivity contribution in [2.75, 3.05) is 0 Å². The average molecular weight is 670 g/mol. The Bertz CT molecular complexity index is 2710. The van der Waals surface area contributed by atoms with E-state index in [4.69, 9.17) is 14.4 Å². The van der Waals surface area contributed by atoms with Gasteiger partial charge in [0.1, 0.15) is 17.4 Å². The average Bonchev–Trinajstić information content (AvgIpc) is 3.75. The van der Waals surface area contributed by atoms with Crippen LogP contribution in [0.15, 0.2) is 193 Å². The van der Waals surface area contributed by atoms with Crippen molar-refractivity contribution in [2.45, 2.75) is 0 Å². The molecular weight excluding hydrogens is 639 g/mol. The first-order chi connectivity index (χ1) is 25.3. The highest BCUT2D eigenvalue weighted by Crippen LogP contribution is 2.37. The predicted molar refractivity (Wildman–Crippen MR) is 213 cm³/mol. The van der Waals surface area contributed by atoms with E-state index in [0.29, 0.717) is 5.58 Å². The Balaban J connectivity index is 1.17. The van der Waals surface area contributed by atoms with Crippen molar-refractivity contribution < 1.29 is 4.42 Å². The lowest BCUT2D eigenvalue weighted by Crippen LogP contribution is -2.74. The van der Waals surface area contributed by atoms with Crippen LogP contribution < -0.4 is 20.7 Å². The summed E-state index contributed by atoms with van der Waals surface area (Å²) in [6, 6.07) is 65.6. The van der Waals surface area contributed by atoms with Crippen LogP contribution in [-0.2, 0) is 0 Å². The van der Waals surface area contributed by atoms with Gasteiger partial charge in [-0.2, -0.15) is 0 Å². The van der Waals surface area contributed by atoms with Crippen molar-refractivity contribution in [3.63, 3.8) is 0 Å². The van der Waals surface area contributed by atoms with Gasteiger partial charge in [0.15, 0.2) is 19.5 Å². The van der Waals surface area contributed by atoms with Crippen molar-refractivity contribution in [3.8, 4) is 16.9 Å².